The Morgan fingerprint density at radius 2 is 1.76 bits per heavy atom. The number of nitrogens with one attached hydrogen (secondary N) is 1. The fraction of sp³-hybridized carbons (Fsp3) is 0.278. The number of hydrogen-bond donors (Lipinski definition) is 1. The van der Waals surface area contributed by atoms with Crippen molar-refractivity contribution >= 4 is 21.6 Å². The summed E-state index contributed by atoms with van der Waals surface area (Å²) in [6.45, 7) is 3.87. The maximum absolute atomic E-state index is 12.5. The summed E-state index contributed by atoms with van der Waals surface area (Å²) in [5, 5.41) is 2.81. The number of sulfonamides is 1. The number of rotatable bonds is 5. The van der Waals surface area contributed by atoms with Crippen LogP contribution < -0.4 is 10.1 Å². The molecule has 0 unspecified atom stereocenters. The Balaban J connectivity index is 2.41. The highest BCUT2D eigenvalue weighted by Gasteiger charge is 2.24. The van der Waals surface area contributed by atoms with Gasteiger partial charge in [-0.25, -0.2) is 12.7 Å². The van der Waals surface area contributed by atoms with Crippen molar-refractivity contribution < 1.29 is 17.9 Å². The molecule has 0 spiro atoms. The van der Waals surface area contributed by atoms with Gasteiger partial charge in [-0.05, 0) is 43.7 Å². The van der Waals surface area contributed by atoms with Crippen LogP contribution in [0.15, 0.2) is 41.3 Å². The van der Waals surface area contributed by atoms with Crippen molar-refractivity contribution in [3.63, 3.8) is 0 Å². The average Bonchev–Trinajstić information content (AvgIpc) is 2.56. The zero-order valence-corrected chi connectivity index (χ0v) is 15.8. The first-order valence-electron chi connectivity index (χ1n) is 7.66. The van der Waals surface area contributed by atoms with Crippen LogP contribution in [0, 0.1) is 13.8 Å². The highest BCUT2D eigenvalue weighted by atomic mass is 32.2. The van der Waals surface area contributed by atoms with Crippen molar-refractivity contribution in [1.82, 2.24) is 4.31 Å². The van der Waals surface area contributed by atoms with Crippen molar-refractivity contribution in [3.05, 3.63) is 53.1 Å². The van der Waals surface area contributed by atoms with Gasteiger partial charge in [0.05, 0.1) is 7.11 Å². The van der Waals surface area contributed by atoms with E-state index in [1.54, 1.807) is 0 Å². The summed E-state index contributed by atoms with van der Waals surface area (Å²) in [6.07, 6.45) is 0. The third-order valence-corrected chi connectivity index (χ3v) is 5.65. The minimum Gasteiger partial charge on any atom is -0.495 e. The fourth-order valence-electron chi connectivity index (χ4n) is 2.36. The third kappa shape index (κ3) is 4.00. The largest absolute Gasteiger partial charge is 0.495 e. The number of methoxy groups -OCH3 is 1. The second kappa shape index (κ2) is 7.25. The van der Waals surface area contributed by atoms with E-state index >= 15 is 0 Å². The first kappa shape index (κ1) is 19.0. The molecular formula is C18H22N2O4S. The number of benzene rings is 2. The standard InChI is InChI=1S/C18H22N2O4S/c1-12-6-8-15(13(2)10-12)19-18(21)14-7-9-16(24-5)17(11-14)25(22,23)20(3)4/h6-11H,1-5H3,(H,19,21). The van der Waals surface area contributed by atoms with Gasteiger partial charge in [-0.1, -0.05) is 17.7 Å². The van der Waals surface area contributed by atoms with Gasteiger partial charge in [0.1, 0.15) is 10.6 Å². The molecule has 0 atom stereocenters. The topological polar surface area (TPSA) is 75.7 Å². The lowest BCUT2D eigenvalue weighted by Gasteiger charge is -2.16. The highest BCUT2D eigenvalue weighted by molar-refractivity contribution is 7.89. The van der Waals surface area contributed by atoms with Crippen LogP contribution in [-0.4, -0.2) is 39.8 Å². The summed E-state index contributed by atoms with van der Waals surface area (Å²) >= 11 is 0. The number of ether oxygens (including phenoxy) is 1. The van der Waals surface area contributed by atoms with Gasteiger partial charge in [-0.3, -0.25) is 4.79 Å². The minimum atomic E-state index is -3.73. The number of anilines is 1. The molecule has 6 nitrogen and oxygen atoms in total. The van der Waals surface area contributed by atoms with Gasteiger partial charge in [0, 0.05) is 25.3 Å². The van der Waals surface area contributed by atoms with Gasteiger partial charge in [-0.2, -0.15) is 0 Å². The molecule has 7 heteroatoms. The lowest BCUT2D eigenvalue weighted by Crippen LogP contribution is -2.23. The Morgan fingerprint density at radius 3 is 2.32 bits per heavy atom. The van der Waals surface area contributed by atoms with E-state index in [4.69, 9.17) is 4.74 Å². The molecule has 25 heavy (non-hydrogen) atoms. The average molecular weight is 362 g/mol. The molecule has 2 aromatic carbocycles. The van der Waals surface area contributed by atoms with E-state index in [0.29, 0.717) is 5.69 Å². The summed E-state index contributed by atoms with van der Waals surface area (Å²) < 4.78 is 31.1. The van der Waals surface area contributed by atoms with Gasteiger partial charge in [-0.15, -0.1) is 0 Å². The summed E-state index contributed by atoms with van der Waals surface area (Å²) in [7, 11) is 0.510. The normalized spacial score (nSPS) is 11.4. The van der Waals surface area contributed by atoms with Crippen LogP contribution in [0.3, 0.4) is 0 Å². The molecule has 134 valence electrons. The van der Waals surface area contributed by atoms with Crippen LogP contribution in [0.25, 0.3) is 0 Å². The number of hydrogen-bond acceptors (Lipinski definition) is 4. The van der Waals surface area contributed by atoms with E-state index in [1.165, 1.54) is 39.4 Å². The smallest absolute Gasteiger partial charge is 0.255 e. The Labute approximate surface area is 148 Å². The molecule has 0 saturated heterocycles. The van der Waals surface area contributed by atoms with Gasteiger partial charge >= 0.3 is 0 Å². The zero-order chi connectivity index (χ0) is 18.8. The second-order valence-corrected chi connectivity index (χ2v) is 8.05. The van der Waals surface area contributed by atoms with E-state index in [9.17, 15) is 13.2 Å². The van der Waals surface area contributed by atoms with E-state index in [1.807, 2.05) is 32.0 Å². The Kier molecular flexibility index (Phi) is 5.49. The molecule has 2 aromatic rings. The first-order chi connectivity index (χ1) is 11.7. The van der Waals surface area contributed by atoms with Gasteiger partial charge in [0.15, 0.2) is 0 Å². The molecule has 0 heterocycles. The van der Waals surface area contributed by atoms with E-state index in [2.05, 4.69) is 5.32 Å². The van der Waals surface area contributed by atoms with Crippen LogP contribution in [0.5, 0.6) is 5.75 Å². The lowest BCUT2D eigenvalue weighted by molar-refractivity contribution is 0.102. The van der Waals surface area contributed by atoms with Gasteiger partial charge in [0.2, 0.25) is 10.0 Å². The van der Waals surface area contributed by atoms with Crippen LogP contribution >= 0.6 is 0 Å². The van der Waals surface area contributed by atoms with Crippen LogP contribution in [0.2, 0.25) is 0 Å². The van der Waals surface area contributed by atoms with Crippen molar-refractivity contribution in [2.75, 3.05) is 26.5 Å². The zero-order valence-electron chi connectivity index (χ0n) is 15.0. The van der Waals surface area contributed by atoms with Crippen molar-refractivity contribution in [1.29, 1.82) is 0 Å². The highest BCUT2D eigenvalue weighted by Crippen LogP contribution is 2.27. The van der Waals surface area contributed by atoms with Crippen molar-refractivity contribution in [2.45, 2.75) is 18.7 Å². The van der Waals surface area contributed by atoms with E-state index in [-0.39, 0.29) is 22.1 Å². The Bertz CT molecular complexity index is 905. The molecule has 0 aliphatic rings. The Morgan fingerprint density at radius 1 is 1.08 bits per heavy atom. The number of amides is 1. The van der Waals surface area contributed by atoms with Crippen molar-refractivity contribution in [2.24, 2.45) is 0 Å². The second-order valence-electron chi connectivity index (χ2n) is 5.93. The summed E-state index contributed by atoms with van der Waals surface area (Å²) in [5.41, 5.74) is 2.95. The van der Waals surface area contributed by atoms with Crippen molar-refractivity contribution in [3.8, 4) is 5.75 Å². The number of nitrogens with zero attached hydrogens (tertiary/aromatic N) is 1. The van der Waals surface area contributed by atoms with Crippen LogP contribution in [0.4, 0.5) is 5.69 Å². The van der Waals surface area contributed by atoms with Gasteiger partial charge < -0.3 is 10.1 Å². The summed E-state index contributed by atoms with van der Waals surface area (Å²) in [5.74, 6) is -0.193. The molecule has 0 fully saturated rings. The SMILES string of the molecule is COc1ccc(C(=O)Nc2ccc(C)cc2C)cc1S(=O)(=O)N(C)C. The third-order valence-electron chi connectivity index (χ3n) is 3.81. The van der Waals surface area contributed by atoms with Crippen LogP contribution in [0.1, 0.15) is 21.5 Å². The monoisotopic (exact) mass is 362 g/mol. The minimum absolute atomic E-state index is 0.0479. The fourth-order valence-corrected chi connectivity index (χ4v) is 3.44. The molecular weight excluding hydrogens is 340 g/mol. The summed E-state index contributed by atoms with van der Waals surface area (Å²) in [6, 6.07) is 10.0. The predicted octanol–water partition coefficient (Wildman–Crippen LogP) is 2.81. The number of carbonyl (C=O) groups is 1. The molecule has 0 aliphatic carbocycles. The molecule has 0 aromatic heterocycles. The van der Waals surface area contributed by atoms with E-state index < -0.39 is 10.0 Å². The Hall–Kier alpha value is -2.38. The molecule has 0 radical (unpaired) electrons. The maximum atomic E-state index is 12.5. The quantitative estimate of drug-likeness (QED) is 0.887. The predicted molar refractivity (Wildman–Crippen MR) is 97.7 cm³/mol. The molecule has 1 N–H and O–H groups in total. The van der Waals surface area contributed by atoms with E-state index in [0.717, 1.165) is 15.4 Å². The molecule has 0 bridgehead atoms. The first-order valence-corrected chi connectivity index (χ1v) is 9.10. The number of aryl methyl sites for hydroxylation is 2. The number of carbonyl (C=O) groups excluding carboxylic acids is 1. The maximum Gasteiger partial charge on any atom is 0.255 e. The molecule has 0 saturated carbocycles. The lowest BCUT2D eigenvalue weighted by atomic mass is 10.1. The van der Waals surface area contributed by atoms with Crippen LogP contribution in [-0.2, 0) is 10.0 Å². The molecule has 1 amide bonds. The molecule has 2 rings (SSSR count). The summed E-state index contributed by atoms with van der Waals surface area (Å²) in [4.78, 5) is 12.5. The molecule has 0 aliphatic heterocycles. The van der Waals surface area contributed by atoms with Gasteiger partial charge in [0.25, 0.3) is 5.91 Å².